The summed E-state index contributed by atoms with van der Waals surface area (Å²) in [6.45, 7) is 9.11. The molecular formula is C18H29N2O3+. The van der Waals surface area contributed by atoms with Crippen molar-refractivity contribution in [2.45, 2.75) is 33.1 Å². The SMILES string of the molecule is CCOc1ccc(C(=O)NCC[NH+]2CCCCC2)c(OCC)c1. The zero-order chi connectivity index (χ0) is 16.5. The van der Waals surface area contributed by atoms with Gasteiger partial charge in [0.2, 0.25) is 0 Å². The first kappa shape index (κ1) is 17.6. The smallest absolute Gasteiger partial charge is 0.255 e. The van der Waals surface area contributed by atoms with E-state index in [1.54, 1.807) is 17.0 Å². The summed E-state index contributed by atoms with van der Waals surface area (Å²) < 4.78 is 11.1. The number of piperidine rings is 1. The first-order valence-corrected chi connectivity index (χ1v) is 8.76. The monoisotopic (exact) mass is 321 g/mol. The Labute approximate surface area is 139 Å². The van der Waals surface area contributed by atoms with Gasteiger partial charge in [-0.1, -0.05) is 0 Å². The second kappa shape index (κ2) is 9.40. The molecule has 2 rings (SSSR count). The van der Waals surface area contributed by atoms with E-state index >= 15 is 0 Å². The molecule has 5 nitrogen and oxygen atoms in total. The summed E-state index contributed by atoms with van der Waals surface area (Å²) in [6.07, 6.45) is 3.95. The normalized spacial score (nSPS) is 15.2. The Morgan fingerprint density at radius 1 is 1.13 bits per heavy atom. The molecule has 1 aromatic rings. The number of nitrogens with one attached hydrogen (secondary N) is 2. The highest BCUT2D eigenvalue weighted by Crippen LogP contribution is 2.25. The van der Waals surface area contributed by atoms with Crippen LogP contribution < -0.4 is 19.7 Å². The minimum Gasteiger partial charge on any atom is -0.494 e. The number of hydrogen-bond acceptors (Lipinski definition) is 3. The average Bonchev–Trinajstić information content (AvgIpc) is 2.56. The molecule has 23 heavy (non-hydrogen) atoms. The van der Waals surface area contributed by atoms with E-state index in [1.165, 1.54) is 32.4 Å². The third kappa shape index (κ3) is 5.43. The highest BCUT2D eigenvalue weighted by molar-refractivity contribution is 5.97. The van der Waals surface area contributed by atoms with Crippen LogP contribution in [0.25, 0.3) is 0 Å². The van der Waals surface area contributed by atoms with Gasteiger partial charge in [-0.25, -0.2) is 0 Å². The van der Waals surface area contributed by atoms with Crippen molar-refractivity contribution < 1.29 is 19.2 Å². The standard InChI is InChI=1S/C18H28N2O3/c1-3-22-15-8-9-16(17(14-15)23-4-2)18(21)19-10-13-20-11-6-5-7-12-20/h8-9,14H,3-7,10-13H2,1-2H3,(H,19,21)/p+1. The van der Waals surface area contributed by atoms with Gasteiger partial charge in [-0.15, -0.1) is 0 Å². The zero-order valence-electron chi connectivity index (χ0n) is 14.3. The lowest BCUT2D eigenvalue weighted by molar-refractivity contribution is -0.903. The van der Waals surface area contributed by atoms with Crippen LogP contribution in [-0.4, -0.2) is 45.3 Å². The zero-order valence-corrected chi connectivity index (χ0v) is 14.3. The first-order chi connectivity index (χ1) is 11.2. The number of likely N-dealkylation sites (tertiary alicyclic amines) is 1. The fraction of sp³-hybridized carbons (Fsp3) is 0.611. The van der Waals surface area contributed by atoms with Gasteiger partial charge in [0.25, 0.3) is 5.91 Å². The second-order valence-corrected chi connectivity index (χ2v) is 5.84. The molecule has 0 aliphatic carbocycles. The van der Waals surface area contributed by atoms with Crippen molar-refractivity contribution in [3.8, 4) is 11.5 Å². The molecule has 0 aromatic heterocycles. The van der Waals surface area contributed by atoms with E-state index in [2.05, 4.69) is 5.32 Å². The van der Waals surface area contributed by atoms with Crippen LogP contribution in [-0.2, 0) is 0 Å². The van der Waals surface area contributed by atoms with Crippen LogP contribution in [0.5, 0.6) is 11.5 Å². The van der Waals surface area contributed by atoms with E-state index in [-0.39, 0.29) is 5.91 Å². The molecule has 1 aliphatic rings. The van der Waals surface area contributed by atoms with E-state index in [0.29, 0.717) is 31.1 Å². The quantitative estimate of drug-likeness (QED) is 0.758. The Balaban J connectivity index is 1.91. The fourth-order valence-electron chi connectivity index (χ4n) is 2.97. The molecule has 0 unspecified atom stereocenters. The summed E-state index contributed by atoms with van der Waals surface area (Å²) in [6, 6.07) is 5.38. The molecule has 5 heteroatoms. The molecule has 1 fully saturated rings. The largest absolute Gasteiger partial charge is 0.494 e. The Bertz CT molecular complexity index is 499. The van der Waals surface area contributed by atoms with Crippen molar-refractivity contribution >= 4 is 5.91 Å². The third-order valence-electron chi connectivity index (χ3n) is 4.13. The van der Waals surface area contributed by atoms with Gasteiger partial charge in [-0.05, 0) is 45.2 Å². The predicted octanol–water partition coefficient (Wildman–Crippen LogP) is 1.28. The van der Waals surface area contributed by atoms with Crippen molar-refractivity contribution in [1.29, 1.82) is 0 Å². The van der Waals surface area contributed by atoms with E-state index in [9.17, 15) is 4.79 Å². The van der Waals surface area contributed by atoms with Gasteiger partial charge in [0.15, 0.2) is 0 Å². The number of amides is 1. The minimum atomic E-state index is -0.0760. The molecule has 1 aliphatic heterocycles. The van der Waals surface area contributed by atoms with Crippen LogP contribution in [0.4, 0.5) is 0 Å². The van der Waals surface area contributed by atoms with Crippen LogP contribution in [0.3, 0.4) is 0 Å². The van der Waals surface area contributed by atoms with Crippen LogP contribution >= 0.6 is 0 Å². The lowest BCUT2D eigenvalue weighted by Gasteiger charge is -2.23. The van der Waals surface area contributed by atoms with E-state index in [0.717, 1.165) is 12.3 Å². The molecule has 1 aromatic carbocycles. The summed E-state index contributed by atoms with van der Waals surface area (Å²) in [5, 5.41) is 3.02. The topological polar surface area (TPSA) is 52.0 Å². The van der Waals surface area contributed by atoms with Crippen molar-refractivity contribution in [3.05, 3.63) is 23.8 Å². The highest BCUT2D eigenvalue weighted by Gasteiger charge is 2.16. The van der Waals surface area contributed by atoms with Crippen LogP contribution in [0.15, 0.2) is 18.2 Å². The molecule has 0 bridgehead atoms. The number of carbonyl (C=O) groups excluding carboxylic acids is 1. The molecule has 128 valence electrons. The van der Waals surface area contributed by atoms with Gasteiger partial charge < -0.3 is 19.7 Å². The second-order valence-electron chi connectivity index (χ2n) is 5.84. The number of hydrogen-bond donors (Lipinski definition) is 2. The third-order valence-corrected chi connectivity index (χ3v) is 4.13. The number of ether oxygens (including phenoxy) is 2. The van der Waals surface area contributed by atoms with Crippen molar-refractivity contribution in [2.75, 3.05) is 39.4 Å². The molecule has 0 saturated carbocycles. The average molecular weight is 321 g/mol. The van der Waals surface area contributed by atoms with E-state index in [4.69, 9.17) is 9.47 Å². The Morgan fingerprint density at radius 3 is 2.57 bits per heavy atom. The van der Waals surface area contributed by atoms with E-state index in [1.807, 2.05) is 19.9 Å². The molecule has 0 atom stereocenters. The maximum atomic E-state index is 12.4. The van der Waals surface area contributed by atoms with Crippen LogP contribution in [0, 0.1) is 0 Å². The molecule has 1 heterocycles. The summed E-state index contributed by atoms with van der Waals surface area (Å²) in [4.78, 5) is 14.0. The summed E-state index contributed by atoms with van der Waals surface area (Å²) in [5.41, 5.74) is 0.573. The minimum absolute atomic E-state index is 0.0760. The van der Waals surface area contributed by atoms with Crippen molar-refractivity contribution in [1.82, 2.24) is 5.32 Å². The molecule has 0 spiro atoms. The van der Waals surface area contributed by atoms with Gasteiger partial charge in [0.1, 0.15) is 11.5 Å². The van der Waals surface area contributed by atoms with Gasteiger partial charge >= 0.3 is 0 Å². The summed E-state index contributed by atoms with van der Waals surface area (Å²) in [5.74, 6) is 1.24. The van der Waals surface area contributed by atoms with Gasteiger partial charge in [0.05, 0.1) is 45.0 Å². The lowest BCUT2D eigenvalue weighted by atomic mass is 10.1. The number of benzene rings is 1. The highest BCUT2D eigenvalue weighted by atomic mass is 16.5. The molecular weight excluding hydrogens is 292 g/mol. The van der Waals surface area contributed by atoms with Gasteiger partial charge in [-0.3, -0.25) is 4.79 Å². The van der Waals surface area contributed by atoms with E-state index < -0.39 is 0 Å². The lowest BCUT2D eigenvalue weighted by Crippen LogP contribution is -3.13. The summed E-state index contributed by atoms with van der Waals surface area (Å²) >= 11 is 0. The van der Waals surface area contributed by atoms with Crippen LogP contribution in [0.2, 0.25) is 0 Å². The molecule has 1 saturated heterocycles. The van der Waals surface area contributed by atoms with Crippen molar-refractivity contribution in [3.63, 3.8) is 0 Å². The number of rotatable bonds is 8. The Kier molecular flexibility index (Phi) is 7.20. The van der Waals surface area contributed by atoms with Crippen LogP contribution in [0.1, 0.15) is 43.5 Å². The first-order valence-electron chi connectivity index (χ1n) is 8.76. The molecule has 1 amide bonds. The van der Waals surface area contributed by atoms with Crippen molar-refractivity contribution in [2.24, 2.45) is 0 Å². The van der Waals surface area contributed by atoms with Gasteiger partial charge in [0, 0.05) is 6.07 Å². The maximum absolute atomic E-state index is 12.4. The predicted molar refractivity (Wildman–Crippen MR) is 90.5 cm³/mol. The Hall–Kier alpha value is -1.75. The number of carbonyl (C=O) groups is 1. The summed E-state index contributed by atoms with van der Waals surface area (Å²) in [7, 11) is 0. The number of quaternary nitrogens is 1. The molecule has 2 N–H and O–H groups in total. The Morgan fingerprint density at radius 2 is 1.87 bits per heavy atom. The maximum Gasteiger partial charge on any atom is 0.255 e. The molecule has 0 radical (unpaired) electrons. The fourth-order valence-corrected chi connectivity index (χ4v) is 2.97. The van der Waals surface area contributed by atoms with Gasteiger partial charge in [-0.2, -0.15) is 0 Å².